The van der Waals surface area contributed by atoms with Crippen LogP contribution in [-0.2, 0) is 0 Å². The maximum absolute atomic E-state index is 12.1. The number of anilines is 1. The van der Waals surface area contributed by atoms with Crippen LogP contribution in [0.2, 0.25) is 0 Å². The van der Waals surface area contributed by atoms with Gasteiger partial charge in [-0.2, -0.15) is 0 Å². The molecule has 0 spiro atoms. The van der Waals surface area contributed by atoms with Gasteiger partial charge in [-0.3, -0.25) is 4.79 Å². The molecular weight excluding hydrogens is 340 g/mol. The Kier molecular flexibility index (Phi) is 5.01. The summed E-state index contributed by atoms with van der Waals surface area (Å²) in [6.45, 7) is 2.36. The summed E-state index contributed by atoms with van der Waals surface area (Å²) in [4.78, 5) is 12.6. The number of halogens is 1. The van der Waals surface area contributed by atoms with Gasteiger partial charge in [0.2, 0.25) is 0 Å². The van der Waals surface area contributed by atoms with E-state index in [4.69, 9.17) is 5.73 Å². The van der Waals surface area contributed by atoms with Crippen molar-refractivity contribution in [2.75, 3.05) is 12.3 Å². The summed E-state index contributed by atoms with van der Waals surface area (Å²) in [5.41, 5.74) is 6.55. The first-order valence-corrected chi connectivity index (χ1v) is 8.07. The standard InChI is InChI=1S/C14H17BrN2O2S/c1-2-9(18)5-6-17-14(19)13-12(16)10-4-3-8(15)7-11(10)20-13/h3-4,7,9,18H,2,5-6,16H2,1H3,(H,17,19). The minimum Gasteiger partial charge on any atom is -0.397 e. The first-order chi connectivity index (χ1) is 9.52. The van der Waals surface area contributed by atoms with Gasteiger partial charge in [0.05, 0.1) is 11.8 Å². The van der Waals surface area contributed by atoms with Crippen molar-refractivity contribution in [2.45, 2.75) is 25.9 Å². The van der Waals surface area contributed by atoms with Gasteiger partial charge in [-0.1, -0.05) is 28.9 Å². The van der Waals surface area contributed by atoms with Crippen molar-refractivity contribution < 1.29 is 9.90 Å². The summed E-state index contributed by atoms with van der Waals surface area (Å²) in [5.74, 6) is -0.178. The van der Waals surface area contributed by atoms with Crippen LogP contribution >= 0.6 is 27.3 Å². The van der Waals surface area contributed by atoms with Crippen molar-refractivity contribution in [3.8, 4) is 0 Å². The third-order valence-corrected chi connectivity index (χ3v) is 4.79. The van der Waals surface area contributed by atoms with E-state index in [9.17, 15) is 9.90 Å². The molecule has 1 amide bonds. The highest BCUT2D eigenvalue weighted by Crippen LogP contribution is 2.35. The van der Waals surface area contributed by atoms with Crippen molar-refractivity contribution in [3.05, 3.63) is 27.5 Å². The average molecular weight is 357 g/mol. The van der Waals surface area contributed by atoms with E-state index in [0.29, 0.717) is 30.0 Å². The lowest BCUT2D eigenvalue weighted by Crippen LogP contribution is -2.26. The molecule has 2 aromatic rings. The lowest BCUT2D eigenvalue weighted by Gasteiger charge is -2.08. The number of aliphatic hydroxyl groups excluding tert-OH is 1. The average Bonchev–Trinajstić information content (AvgIpc) is 2.75. The molecule has 108 valence electrons. The van der Waals surface area contributed by atoms with E-state index < -0.39 is 0 Å². The van der Waals surface area contributed by atoms with E-state index in [0.717, 1.165) is 14.6 Å². The quantitative estimate of drug-likeness (QED) is 0.770. The van der Waals surface area contributed by atoms with Crippen LogP contribution < -0.4 is 11.1 Å². The van der Waals surface area contributed by atoms with Gasteiger partial charge in [0, 0.05) is 21.1 Å². The Morgan fingerprint density at radius 1 is 1.55 bits per heavy atom. The van der Waals surface area contributed by atoms with Crippen molar-refractivity contribution in [1.82, 2.24) is 5.32 Å². The monoisotopic (exact) mass is 356 g/mol. The number of fused-ring (bicyclic) bond motifs is 1. The van der Waals surface area contributed by atoms with E-state index in [1.54, 1.807) is 0 Å². The second kappa shape index (κ2) is 6.56. The lowest BCUT2D eigenvalue weighted by molar-refractivity contribution is 0.0947. The molecule has 2 rings (SSSR count). The Labute approximate surface area is 130 Å². The molecule has 0 fully saturated rings. The van der Waals surface area contributed by atoms with E-state index in [2.05, 4.69) is 21.2 Å². The fraction of sp³-hybridized carbons (Fsp3) is 0.357. The van der Waals surface area contributed by atoms with Crippen LogP contribution in [0.1, 0.15) is 29.4 Å². The number of nitrogen functional groups attached to an aromatic ring is 1. The molecule has 6 heteroatoms. The molecule has 0 bridgehead atoms. The molecule has 0 saturated carbocycles. The Morgan fingerprint density at radius 3 is 3.00 bits per heavy atom. The zero-order chi connectivity index (χ0) is 14.7. The van der Waals surface area contributed by atoms with Gasteiger partial charge >= 0.3 is 0 Å². The number of rotatable bonds is 5. The highest BCUT2D eigenvalue weighted by molar-refractivity contribution is 9.10. The first kappa shape index (κ1) is 15.3. The summed E-state index contributed by atoms with van der Waals surface area (Å²) >= 11 is 4.79. The number of nitrogens with one attached hydrogen (secondary N) is 1. The van der Waals surface area contributed by atoms with Crippen molar-refractivity contribution in [3.63, 3.8) is 0 Å². The zero-order valence-electron chi connectivity index (χ0n) is 11.1. The molecule has 4 nitrogen and oxygen atoms in total. The van der Waals surface area contributed by atoms with Gasteiger partial charge in [-0.25, -0.2) is 0 Å². The molecule has 1 heterocycles. The zero-order valence-corrected chi connectivity index (χ0v) is 13.6. The van der Waals surface area contributed by atoms with Crippen LogP contribution in [0.4, 0.5) is 5.69 Å². The molecule has 0 aliphatic carbocycles. The minimum absolute atomic E-state index is 0.178. The summed E-state index contributed by atoms with van der Waals surface area (Å²) in [6.07, 6.45) is 0.874. The second-order valence-corrected chi connectivity index (χ2v) is 6.56. The second-order valence-electron chi connectivity index (χ2n) is 4.59. The third kappa shape index (κ3) is 3.31. The number of hydrogen-bond donors (Lipinski definition) is 3. The number of thiophene rings is 1. The summed E-state index contributed by atoms with van der Waals surface area (Å²) < 4.78 is 1.94. The topological polar surface area (TPSA) is 75.3 Å². The van der Waals surface area contributed by atoms with Gasteiger partial charge < -0.3 is 16.2 Å². The maximum atomic E-state index is 12.1. The smallest absolute Gasteiger partial charge is 0.263 e. The van der Waals surface area contributed by atoms with Crippen LogP contribution in [0.3, 0.4) is 0 Å². The third-order valence-electron chi connectivity index (χ3n) is 3.13. The van der Waals surface area contributed by atoms with Crippen LogP contribution in [0, 0.1) is 0 Å². The molecular formula is C14H17BrN2O2S. The molecule has 0 aliphatic rings. The molecule has 0 saturated heterocycles. The van der Waals surface area contributed by atoms with Gasteiger partial charge in [0.25, 0.3) is 5.91 Å². The Balaban J connectivity index is 2.12. The number of benzene rings is 1. The summed E-state index contributed by atoms with van der Waals surface area (Å²) in [5, 5.41) is 13.2. The van der Waals surface area contributed by atoms with Crippen LogP contribution in [0.15, 0.2) is 22.7 Å². The number of carbonyl (C=O) groups is 1. The van der Waals surface area contributed by atoms with Crippen molar-refractivity contribution >= 4 is 48.9 Å². The van der Waals surface area contributed by atoms with Crippen LogP contribution in [-0.4, -0.2) is 23.7 Å². The lowest BCUT2D eigenvalue weighted by atomic mass is 10.2. The van der Waals surface area contributed by atoms with E-state index in [1.807, 2.05) is 25.1 Å². The largest absolute Gasteiger partial charge is 0.397 e. The van der Waals surface area contributed by atoms with E-state index in [1.165, 1.54) is 11.3 Å². The first-order valence-electron chi connectivity index (χ1n) is 6.46. The molecule has 0 radical (unpaired) electrons. The molecule has 1 aromatic heterocycles. The minimum atomic E-state index is -0.369. The highest BCUT2D eigenvalue weighted by atomic mass is 79.9. The van der Waals surface area contributed by atoms with Gasteiger partial charge in [0.1, 0.15) is 4.88 Å². The molecule has 4 N–H and O–H groups in total. The predicted octanol–water partition coefficient (Wildman–Crippen LogP) is 3.14. The molecule has 1 unspecified atom stereocenters. The normalized spacial score (nSPS) is 12.6. The maximum Gasteiger partial charge on any atom is 0.263 e. The molecule has 1 atom stereocenters. The van der Waals surface area contributed by atoms with E-state index in [-0.39, 0.29) is 12.0 Å². The fourth-order valence-corrected chi connectivity index (χ4v) is 3.49. The van der Waals surface area contributed by atoms with Crippen LogP contribution in [0.5, 0.6) is 0 Å². The SMILES string of the molecule is CCC(O)CCNC(=O)c1sc2cc(Br)ccc2c1N. The summed E-state index contributed by atoms with van der Waals surface area (Å²) in [6, 6.07) is 5.77. The van der Waals surface area contributed by atoms with Crippen LogP contribution in [0.25, 0.3) is 10.1 Å². The number of nitrogens with two attached hydrogens (primary N) is 1. The molecule has 0 aliphatic heterocycles. The predicted molar refractivity (Wildman–Crippen MR) is 87.2 cm³/mol. The number of hydrogen-bond acceptors (Lipinski definition) is 4. The van der Waals surface area contributed by atoms with Crippen molar-refractivity contribution in [1.29, 1.82) is 0 Å². The Bertz CT molecular complexity index is 627. The van der Waals surface area contributed by atoms with Gasteiger partial charge in [-0.05, 0) is 25.0 Å². The molecule has 20 heavy (non-hydrogen) atoms. The Hall–Kier alpha value is -1.11. The Morgan fingerprint density at radius 2 is 2.30 bits per heavy atom. The molecule has 1 aromatic carbocycles. The van der Waals surface area contributed by atoms with E-state index >= 15 is 0 Å². The highest BCUT2D eigenvalue weighted by Gasteiger charge is 2.16. The number of carbonyl (C=O) groups excluding carboxylic acids is 1. The van der Waals surface area contributed by atoms with Gasteiger partial charge in [0.15, 0.2) is 0 Å². The van der Waals surface area contributed by atoms with Gasteiger partial charge in [-0.15, -0.1) is 11.3 Å². The summed E-state index contributed by atoms with van der Waals surface area (Å²) in [7, 11) is 0. The number of amides is 1. The fourth-order valence-electron chi connectivity index (χ4n) is 1.90. The number of aliphatic hydroxyl groups is 1. The van der Waals surface area contributed by atoms with Crippen molar-refractivity contribution in [2.24, 2.45) is 0 Å².